The first kappa shape index (κ1) is 13.2. The largest absolute Gasteiger partial charge is 0.398 e. The van der Waals surface area contributed by atoms with Crippen LogP contribution in [0.1, 0.15) is 12.5 Å². The molecule has 18 heavy (non-hydrogen) atoms. The first-order valence-electron chi connectivity index (χ1n) is 5.35. The highest BCUT2D eigenvalue weighted by Gasteiger charge is 2.15. The molecule has 0 aliphatic rings. The molecule has 6 heteroatoms. The lowest BCUT2D eigenvalue weighted by Gasteiger charge is -2.10. The van der Waals surface area contributed by atoms with Crippen LogP contribution in [0.5, 0.6) is 0 Å². The van der Waals surface area contributed by atoms with Gasteiger partial charge in [0.25, 0.3) is 10.1 Å². The van der Waals surface area contributed by atoms with Crippen molar-refractivity contribution < 1.29 is 13.0 Å². The lowest BCUT2D eigenvalue weighted by atomic mass is 10.0. The Hall–Kier alpha value is -1.24. The SMILES string of the molecule is CCc1cc(S)cc2cc(S(=O)(=O)O)c(N)cc12. The maximum atomic E-state index is 11.2. The minimum atomic E-state index is -4.31. The molecule has 0 aliphatic heterocycles. The second-order valence-electron chi connectivity index (χ2n) is 4.04. The van der Waals surface area contributed by atoms with E-state index in [9.17, 15) is 8.42 Å². The second kappa shape index (κ2) is 4.46. The van der Waals surface area contributed by atoms with E-state index in [0.717, 1.165) is 22.3 Å². The maximum Gasteiger partial charge on any atom is 0.296 e. The number of nitrogens with two attached hydrogens (primary N) is 1. The lowest BCUT2D eigenvalue weighted by molar-refractivity contribution is 0.484. The van der Waals surface area contributed by atoms with Crippen LogP contribution in [0.3, 0.4) is 0 Å². The van der Waals surface area contributed by atoms with Gasteiger partial charge in [0.15, 0.2) is 0 Å². The van der Waals surface area contributed by atoms with Crippen LogP contribution in [-0.4, -0.2) is 13.0 Å². The van der Waals surface area contributed by atoms with E-state index in [1.54, 1.807) is 12.1 Å². The van der Waals surface area contributed by atoms with Crippen molar-refractivity contribution in [2.45, 2.75) is 23.1 Å². The average Bonchev–Trinajstić information content (AvgIpc) is 2.26. The average molecular weight is 283 g/mol. The van der Waals surface area contributed by atoms with E-state index < -0.39 is 10.1 Å². The number of rotatable bonds is 2. The molecule has 0 radical (unpaired) electrons. The zero-order valence-corrected chi connectivity index (χ0v) is 11.4. The van der Waals surface area contributed by atoms with Gasteiger partial charge in [-0.15, -0.1) is 12.6 Å². The fraction of sp³-hybridized carbons (Fsp3) is 0.167. The monoisotopic (exact) mass is 283 g/mol. The van der Waals surface area contributed by atoms with Crippen LogP contribution in [0.2, 0.25) is 0 Å². The summed E-state index contributed by atoms with van der Waals surface area (Å²) < 4.78 is 31.5. The van der Waals surface area contributed by atoms with Crippen LogP contribution < -0.4 is 5.73 Å². The zero-order chi connectivity index (χ0) is 13.5. The summed E-state index contributed by atoms with van der Waals surface area (Å²) in [5.74, 6) is 0. The molecule has 0 aromatic heterocycles. The summed E-state index contributed by atoms with van der Waals surface area (Å²) in [6.45, 7) is 1.99. The van der Waals surface area contributed by atoms with Crippen molar-refractivity contribution in [2.75, 3.05) is 5.73 Å². The van der Waals surface area contributed by atoms with Crippen LogP contribution >= 0.6 is 12.6 Å². The molecular weight excluding hydrogens is 270 g/mol. The third kappa shape index (κ3) is 2.31. The summed E-state index contributed by atoms with van der Waals surface area (Å²) in [5.41, 5.74) is 6.76. The van der Waals surface area contributed by atoms with Crippen LogP contribution in [0.25, 0.3) is 10.8 Å². The van der Waals surface area contributed by atoms with Gasteiger partial charge in [0, 0.05) is 4.90 Å². The summed E-state index contributed by atoms with van der Waals surface area (Å²) in [4.78, 5) is 0.474. The minimum Gasteiger partial charge on any atom is -0.398 e. The van der Waals surface area contributed by atoms with Crippen molar-refractivity contribution in [3.05, 3.63) is 29.8 Å². The standard InChI is InChI=1S/C12H13NO3S2/c1-2-7-3-9(17)4-8-5-12(18(14,15)16)11(13)6-10(7)8/h3-6,17H,2,13H2,1H3,(H,14,15,16). The Morgan fingerprint density at radius 3 is 2.50 bits per heavy atom. The third-order valence-corrected chi connectivity index (χ3v) is 3.98. The van der Waals surface area contributed by atoms with Crippen LogP contribution in [-0.2, 0) is 16.5 Å². The molecular formula is C12H13NO3S2. The first-order valence-corrected chi connectivity index (χ1v) is 7.24. The van der Waals surface area contributed by atoms with Crippen molar-refractivity contribution in [2.24, 2.45) is 0 Å². The van der Waals surface area contributed by atoms with Gasteiger partial charge in [0.2, 0.25) is 0 Å². The van der Waals surface area contributed by atoms with Gasteiger partial charge in [0.1, 0.15) is 4.90 Å². The number of anilines is 1. The topological polar surface area (TPSA) is 80.4 Å². The minimum absolute atomic E-state index is 0.0478. The van der Waals surface area contributed by atoms with Crippen molar-refractivity contribution >= 4 is 39.2 Å². The van der Waals surface area contributed by atoms with E-state index in [2.05, 4.69) is 12.6 Å². The van der Waals surface area contributed by atoms with E-state index in [-0.39, 0.29) is 10.6 Å². The second-order valence-corrected chi connectivity index (χ2v) is 5.95. The molecule has 0 bridgehead atoms. The quantitative estimate of drug-likeness (QED) is 0.449. The zero-order valence-electron chi connectivity index (χ0n) is 9.71. The van der Waals surface area contributed by atoms with Gasteiger partial charge in [-0.25, -0.2) is 0 Å². The van der Waals surface area contributed by atoms with Crippen molar-refractivity contribution in [3.63, 3.8) is 0 Å². The first-order chi connectivity index (χ1) is 8.32. The van der Waals surface area contributed by atoms with Crippen molar-refractivity contribution in [1.82, 2.24) is 0 Å². The van der Waals surface area contributed by atoms with Gasteiger partial charge in [-0.1, -0.05) is 6.92 Å². The maximum absolute atomic E-state index is 11.2. The molecule has 4 nitrogen and oxygen atoms in total. The van der Waals surface area contributed by atoms with Gasteiger partial charge in [0.05, 0.1) is 5.69 Å². The summed E-state index contributed by atoms with van der Waals surface area (Å²) >= 11 is 4.27. The van der Waals surface area contributed by atoms with E-state index in [0.29, 0.717) is 5.39 Å². The number of fused-ring (bicyclic) bond motifs is 1. The van der Waals surface area contributed by atoms with Gasteiger partial charge < -0.3 is 5.73 Å². The Morgan fingerprint density at radius 2 is 1.94 bits per heavy atom. The van der Waals surface area contributed by atoms with Crippen molar-refractivity contribution in [1.29, 1.82) is 0 Å². The predicted octanol–water partition coefficient (Wildman–Crippen LogP) is 2.52. The Bertz CT molecular complexity index is 724. The molecule has 2 aromatic carbocycles. The molecule has 0 saturated heterocycles. The number of hydrogen-bond acceptors (Lipinski definition) is 4. The molecule has 2 rings (SSSR count). The van der Waals surface area contributed by atoms with E-state index in [1.807, 2.05) is 13.0 Å². The normalized spacial score (nSPS) is 11.9. The fourth-order valence-electron chi connectivity index (χ4n) is 1.98. The van der Waals surface area contributed by atoms with Crippen molar-refractivity contribution in [3.8, 4) is 0 Å². The molecule has 0 amide bonds. The number of thiol groups is 1. The highest BCUT2D eigenvalue weighted by molar-refractivity contribution is 7.86. The number of hydrogen-bond donors (Lipinski definition) is 3. The summed E-state index contributed by atoms with van der Waals surface area (Å²) in [5, 5.41) is 1.57. The van der Waals surface area contributed by atoms with Gasteiger partial charge in [-0.2, -0.15) is 8.42 Å². The fourth-order valence-corrected chi connectivity index (χ4v) is 2.91. The Kier molecular flexibility index (Phi) is 3.27. The summed E-state index contributed by atoms with van der Waals surface area (Å²) in [7, 11) is -4.31. The molecule has 2 aromatic rings. The molecule has 0 fully saturated rings. The van der Waals surface area contributed by atoms with Crippen LogP contribution in [0.15, 0.2) is 34.1 Å². The molecule has 0 atom stereocenters. The van der Waals surface area contributed by atoms with Crippen LogP contribution in [0.4, 0.5) is 5.69 Å². The number of aryl methyl sites for hydroxylation is 1. The van der Waals surface area contributed by atoms with Gasteiger partial charge >= 0.3 is 0 Å². The molecule has 96 valence electrons. The molecule has 0 aliphatic carbocycles. The highest BCUT2D eigenvalue weighted by atomic mass is 32.2. The van der Waals surface area contributed by atoms with E-state index in [4.69, 9.17) is 10.3 Å². The Morgan fingerprint density at radius 1 is 1.28 bits per heavy atom. The summed E-state index contributed by atoms with van der Waals surface area (Å²) in [6, 6.07) is 6.60. The molecule has 0 unspecified atom stereocenters. The van der Waals surface area contributed by atoms with E-state index >= 15 is 0 Å². The Balaban J connectivity index is 2.88. The molecule has 0 spiro atoms. The third-order valence-electron chi connectivity index (χ3n) is 2.81. The Labute approximate surface area is 111 Å². The lowest BCUT2D eigenvalue weighted by Crippen LogP contribution is -2.03. The predicted molar refractivity (Wildman–Crippen MR) is 74.8 cm³/mol. The summed E-state index contributed by atoms with van der Waals surface area (Å²) in [6.07, 6.45) is 0.787. The highest BCUT2D eigenvalue weighted by Crippen LogP contribution is 2.30. The smallest absolute Gasteiger partial charge is 0.296 e. The number of benzene rings is 2. The molecule has 3 N–H and O–H groups in total. The molecule has 0 heterocycles. The van der Waals surface area contributed by atoms with Gasteiger partial charge in [-0.05, 0) is 47.0 Å². The van der Waals surface area contributed by atoms with Gasteiger partial charge in [-0.3, -0.25) is 4.55 Å². The number of nitrogen functional groups attached to an aromatic ring is 1. The molecule has 0 saturated carbocycles. The van der Waals surface area contributed by atoms with E-state index in [1.165, 1.54) is 6.07 Å². The van der Waals surface area contributed by atoms with Crippen LogP contribution in [0, 0.1) is 0 Å².